The Morgan fingerprint density at radius 1 is 1.32 bits per heavy atom. The van der Waals surface area contributed by atoms with Crippen LogP contribution in [0.25, 0.3) is 11.3 Å². The first-order chi connectivity index (χ1) is 12.0. The van der Waals surface area contributed by atoms with E-state index in [9.17, 15) is 4.79 Å². The van der Waals surface area contributed by atoms with Crippen LogP contribution in [0.2, 0.25) is 0 Å². The second kappa shape index (κ2) is 7.76. The van der Waals surface area contributed by atoms with E-state index < -0.39 is 0 Å². The van der Waals surface area contributed by atoms with Crippen molar-refractivity contribution in [3.63, 3.8) is 0 Å². The van der Waals surface area contributed by atoms with Crippen LogP contribution in [0.4, 0.5) is 0 Å². The van der Waals surface area contributed by atoms with Crippen molar-refractivity contribution in [2.45, 2.75) is 19.0 Å². The third-order valence-electron chi connectivity index (χ3n) is 4.69. The molecule has 0 spiro atoms. The molecule has 1 aliphatic heterocycles. The molecule has 2 aromatic rings. The van der Waals surface area contributed by atoms with E-state index in [1.54, 1.807) is 24.3 Å². The maximum absolute atomic E-state index is 12.5. The monoisotopic (exact) mass is 343 g/mol. The lowest BCUT2D eigenvalue weighted by Crippen LogP contribution is -2.38. The molecule has 1 saturated heterocycles. The van der Waals surface area contributed by atoms with Crippen LogP contribution in [-0.4, -0.2) is 77.6 Å². The van der Waals surface area contributed by atoms with Gasteiger partial charge in [0, 0.05) is 50.2 Å². The van der Waals surface area contributed by atoms with Crippen LogP contribution >= 0.6 is 0 Å². The van der Waals surface area contributed by atoms with Crippen molar-refractivity contribution < 1.29 is 9.32 Å². The molecule has 0 aromatic carbocycles. The number of carbonyl (C=O) groups is 1. The molecular weight excluding hydrogens is 318 g/mol. The van der Waals surface area contributed by atoms with Crippen molar-refractivity contribution >= 4 is 5.91 Å². The molecule has 1 atom stereocenters. The van der Waals surface area contributed by atoms with Gasteiger partial charge in [-0.05, 0) is 32.6 Å². The number of likely N-dealkylation sites (tertiary alicyclic amines) is 1. The topological polar surface area (TPSA) is 65.7 Å². The molecular formula is C18H25N5O2. The summed E-state index contributed by atoms with van der Waals surface area (Å²) in [7, 11) is 5.98. The van der Waals surface area contributed by atoms with Gasteiger partial charge in [0.05, 0.1) is 13.1 Å². The number of likely N-dealkylation sites (N-methyl/N-ethyl adjacent to an activating group) is 2. The first-order valence-electron chi connectivity index (χ1n) is 8.51. The standard InChI is InChI=1S/C18H25N5O2/c1-21(2)15-6-9-23(11-15)13-18(24)22(3)12-16-10-17(20-25-16)14-4-7-19-8-5-14/h4-5,7-8,10,15H,6,9,11-13H2,1-3H3/t15-/m0/s1. The molecule has 1 amide bonds. The van der Waals surface area contributed by atoms with E-state index in [1.165, 1.54) is 0 Å². The van der Waals surface area contributed by atoms with Gasteiger partial charge in [0.25, 0.3) is 0 Å². The quantitative estimate of drug-likeness (QED) is 0.788. The highest BCUT2D eigenvalue weighted by molar-refractivity contribution is 5.78. The Morgan fingerprint density at radius 2 is 2.08 bits per heavy atom. The van der Waals surface area contributed by atoms with Crippen molar-refractivity contribution in [3.8, 4) is 11.3 Å². The summed E-state index contributed by atoms with van der Waals surface area (Å²) in [4.78, 5) is 22.6. The molecule has 0 radical (unpaired) electrons. The average Bonchev–Trinajstić information content (AvgIpc) is 3.25. The van der Waals surface area contributed by atoms with E-state index in [0.29, 0.717) is 24.9 Å². The van der Waals surface area contributed by atoms with Gasteiger partial charge in [0.2, 0.25) is 5.91 Å². The summed E-state index contributed by atoms with van der Waals surface area (Å²) in [5.74, 6) is 0.775. The normalized spacial score (nSPS) is 18.0. The van der Waals surface area contributed by atoms with Crippen molar-refractivity contribution in [1.29, 1.82) is 0 Å². The van der Waals surface area contributed by atoms with Crippen molar-refractivity contribution in [2.24, 2.45) is 0 Å². The number of pyridine rings is 1. The van der Waals surface area contributed by atoms with Gasteiger partial charge in [-0.25, -0.2) is 0 Å². The summed E-state index contributed by atoms with van der Waals surface area (Å²) in [6.45, 7) is 2.78. The molecule has 134 valence electrons. The third kappa shape index (κ3) is 4.43. The lowest BCUT2D eigenvalue weighted by molar-refractivity contribution is -0.131. The van der Waals surface area contributed by atoms with Crippen LogP contribution in [0.5, 0.6) is 0 Å². The zero-order chi connectivity index (χ0) is 17.8. The second-order valence-electron chi connectivity index (χ2n) is 6.81. The Morgan fingerprint density at radius 3 is 2.76 bits per heavy atom. The van der Waals surface area contributed by atoms with Crippen LogP contribution in [0.3, 0.4) is 0 Å². The fourth-order valence-corrected chi connectivity index (χ4v) is 3.06. The Kier molecular flexibility index (Phi) is 5.45. The summed E-state index contributed by atoms with van der Waals surface area (Å²) in [6, 6.07) is 6.17. The van der Waals surface area contributed by atoms with E-state index in [-0.39, 0.29) is 5.91 Å². The first kappa shape index (κ1) is 17.6. The number of hydrogen-bond donors (Lipinski definition) is 0. The van der Waals surface area contributed by atoms with Crippen LogP contribution in [-0.2, 0) is 11.3 Å². The first-order valence-corrected chi connectivity index (χ1v) is 8.51. The number of hydrogen-bond acceptors (Lipinski definition) is 6. The highest BCUT2D eigenvalue weighted by Gasteiger charge is 2.26. The van der Waals surface area contributed by atoms with Gasteiger partial charge in [-0.3, -0.25) is 14.7 Å². The average molecular weight is 343 g/mol. The fourth-order valence-electron chi connectivity index (χ4n) is 3.06. The minimum atomic E-state index is 0.0984. The highest BCUT2D eigenvalue weighted by atomic mass is 16.5. The summed E-state index contributed by atoms with van der Waals surface area (Å²) in [5, 5.41) is 4.07. The molecule has 0 bridgehead atoms. The maximum Gasteiger partial charge on any atom is 0.236 e. The predicted octanol–water partition coefficient (Wildman–Crippen LogP) is 1.33. The summed E-state index contributed by atoms with van der Waals surface area (Å²) >= 11 is 0. The Hall–Kier alpha value is -2.25. The smallest absolute Gasteiger partial charge is 0.236 e. The summed E-state index contributed by atoms with van der Waals surface area (Å²) in [5.41, 5.74) is 1.71. The van der Waals surface area contributed by atoms with Gasteiger partial charge in [-0.1, -0.05) is 5.16 Å². The molecule has 0 saturated carbocycles. The number of amides is 1. The summed E-state index contributed by atoms with van der Waals surface area (Å²) in [6.07, 6.45) is 4.55. The SMILES string of the molecule is CN(Cc1cc(-c2ccncc2)no1)C(=O)CN1CC[C@H](N(C)C)C1. The minimum absolute atomic E-state index is 0.0984. The minimum Gasteiger partial charge on any atom is -0.359 e. The zero-order valence-corrected chi connectivity index (χ0v) is 15.1. The fraction of sp³-hybridized carbons (Fsp3) is 0.500. The predicted molar refractivity (Wildman–Crippen MR) is 94.7 cm³/mol. The molecule has 0 unspecified atom stereocenters. The van der Waals surface area contributed by atoms with Gasteiger partial charge >= 0.3 is 0 Å². The second-order valence-corrected chi connectivity index (χ2v) is 6.81. The molecule has 0 N–H and O–H groups in total. The number of carbonyl (C=O) groups excluding carboxylic acids is 1. The van der Waals surface area contributed by atoms with E-state index in [4.69, 9.17) is 4.52 Å². The molecule has 1 fully saturated rings. The number of nitrogens with zero attached hydrogens (tertiary/aromatic N) is 5. The van der Waals surface area contributed by atoms with Gasteiger partial charge < -0.3 is 14.3 Å². The molecule has 0 aliphatic carbocycles. The molecule has 25 heavy (non-hydrogen) atoms. The third-order valence-corrected chi connectivity index (χ3v) is 4.69. The summed E-state index contributed by atoms with van der Waals surface area (Å²) < 4.78 is 5.37. The number of aromatic nitrogens is 2. The van der Waals surface area contributed by atoms with E-state index in [2.05, 4.69) is 34.0 Å². The molecule has 7 nitrogen and oxygen atoms in total. The van der Waals surface area contributed by atoms with Crippen LogP contribution in [0.1, 0.15) is 12.2 Å². The molecule has 3 heterocycles. The lowest BCUT2D eigenvalue weighted by Gasteiger charge is -2.22. The van der Waals surface area contributed by atoms with Crippen molar-refractivity contribution in [1.82, 2.24) is 24.8 Å². The molecule has 1 aliphatic rings. The zero-order valence-electron chi connectivity index (χ0n) is 15.1. The van der Waals surface area contributed by atoms with Crippen LogP contribution in [0.15, 0.2) is 35.1 Å². The molecule has 2 aromatic heterocycles. The van der Waals surface area contributed by atoms with Gasteiger partial charge in [0.15, 0.2) is 5.76 Å². The molecule has 3 rings (SSSR count). The van der Waals surface area contributed by atoms with Crippen molar-refractivity contribution in [2.75, 3.05) is 40.8 Å². The Balaban J connectivity index is 1.53. The lowest BCUT2D eigenvalue weighted by atomic mass is 10.2. The van der Waals surface area contributed by atoms with E-state index in [0.717, 1.165) is 30.8 Å². The van der Waals surface area contributed by atoms with Gasteiger partial charge in [0.1, 0.15) is 5.69 Å². The maximum atomic E-state index is 12.5. The van der Waals surface area contributed by atoms with E-state index in [1.807, 2.05) is 18.2 Å². The van der Waals surface area contributed by atoms with E-state index >= 15 is 0 Å². The Bertz CT molecular complexity index is 701. The highest BCUT2D eigenvalue weighted by Crippen LogP contribution is 2.19. The van der Waals surface area contributed by atoms with Crippen molar-refractivity contribution in [3.05, 3.63) is 36.4 Å². The Labute approximate surface area is 148 Å². The van der Waals surface area contributed by atoms with Crippen LogP contribution in [0, 0.1) is 0 Å². The number of rotatable bonds is 6. The van der Waals surface area contributed by atoms with Gasteiger partial charge in [-0.15, -0.1) is 0 Å². The molecule has 7 heteroatoms. The largest absolute Gasteiger partial charge is 0.359 e. The van der Waals surface area contributed by atoms with Gasteiger partial charge in [-0.2, -0.15) is 0 Å². The van der Waals surface area contributed by atoms with Crippen LogP contribution < -0.4 is 0 Å².